The maximum absolute atomic E-state index is 13.0. The van der Waals surface area contributed by atoms with Crippen LogP contribution in [0.15, 0.2) is 11.0 Å². The van der Waals surface area contributed by atoms with Crippen molar-refractivity contribution in [3.63, 3.8) is 0 Å². The lowest BCUT2D eigenvalue weighted by atomic mass is 9.68. The van der Waals surface area contributed by atoms with E-state index >= 15 is 0 Å². The molecule has 0 saturated carbocycles. The number of hydrogen-bond acceptors (Lipinski definition) is 6. The largest absolute Gasteiger partial charge is 0.507 e. The fourth-order valence-corrected chi connectivity index (χ4v) is 6.22. The molecule has 32 heavy (non-hydrogen) atoms. The van der Waals surface area contributed by atoms with Crippen LogP contribution >= 0.6 is 24.0 Å². The summed E-state index contributed by atoms with van der Waals surface area (Å²) < 4.78 is 0.428. The van der Waals surface area contributed by atoms with Gasteiger partial charge in [0.25, 0.3) is 5.91 Å². The Bertz CT molecular complexity index is 1040. The van der Waals surface area contributed by atoms with E-state index in [2.05, 4.69) is 32.6 Å². The average Bonchev–Trinajstić information content (AvgIpc) is 2.95. The van der Waals surface area contributed by atoms with Gasteiger partial charge in [-0.05, 0) is 47.8 Å². The van der Waals surface area contributed by atoms with Crippen LogP contribution < -0.4 is 4.90 Å². The summed E-state index contributed by atoms with van der Waals surface area (Å²) in [5.74, 6) is -0.873. The van der Waals surface area contributed by atoms with Gasteiger partial charge in [-0.2, -0.15) is 0 Å². The molecule has 0 aromatic heterocycles. The molecule has 3 aliphatic heterocycles. The standard InChI is InChI=1S/C24H30N2O4S2/c1-23(2)7-10-25-11-8-24(3,4)18-19(25)15(23)12-14(20(18)29)13-16-21(30)26(22(31)32-16)9-5-6-17(27)28/h12-13,29H,5-11H2,1-4H3,(H,27,28). The number of amides is 1. The van der Waals surface area contributed by atoms with E-state index in [1.54, 1.807) is 6.08 Å². The molecule has 1 amide bonds. The van der Waals surface area contributed by atoms with E-state index in [0.29, 0.717) is 21.2 Å². The highest BCUT2D eigenvalue weighted by Gasteiger charge is 2.42. The lowest BCUT2D eigenvalue weighted by molar-refractivity contribution is -0.137. The van der Waals surface area contributed by atoms with Gasteiger partial charge >= 0.3 is 5.97 Å². The van der Waals surface area contributed by atoms with Crippen molar-refractivity contribution in [1.29, 1.82) is 0 Å². The summed E-state index contributed by atoms with van der Waals surface area (Å²) in [6, 6.07) is 2.04. The number of carbonyl (C=O) groups is 2. The molecule has 1 aromatic carbocycles. The topological polar surface area (TPSA) is 81.1 Å². The molecule has 2 N–H and O–H groups in total. The van der Waals surface area contributed by atoms with Gasteiger partial charge in [-0.3, -0.25) is 14.5 Å². The SMILES string of the molecule is CC1(C)CCN2CCC(C)(C)c3c(O)c(C=C4SC(=S)N(CCCC(=O)O)C4=O)cc1c32. The second kappa shape index (κ2) is 8.06. The third-order valence-electron chi connectivity index (χ3n) is 6.97. The minimum atomic E-state index is -0.891. The first kappa shape index (κ1) is 23.1. The molecule has 0 atom stereocenters. The minimum absolute atomic E-state index is 0.00819. The van der Waals surface area contributed by atoms with E-state index in [9.17, 15) is 14.7 Å². The van der Waals surface area contributed by atoms with Crippen LogP contribution in [0.2, 0.25) is 0 Å². The molecule has 3 heterocycles. The molecule has 3 aliphatic rings. The third-order valence-corrected chi connectivity index (χ3v) is 8.35. The quantitative estimate of drug-likeness (QED) is 0.476. The molecule has 172 valence electrons. The van der Waals surface area contributed by atoms with E-state index in [1.165, 1.54) is 22.2 Å². The van der Waals surface area contributed by atoms with Crippen LogP contribution in [0.5, 0.6) is 5.75 Å². The normalized spacial score (nSPS) is 22.4. The van der Waals surface area contributed by atoms with Crippen molar-refractivity contribution in [2.24, 2.45) is 0 Å². The Labute approximate surface area is 198 Å². The van der Waals surface area contributed by atoms with Crippen molar-refractivity contribution in [3.8, 4) is 5.75 Å². The van der Waals surface area contributed by atoms with Crippen LogP contribution in [-0.2, 0) is 20.4 Å². The molecule has 6 nitrogen and oxygen atoms in total. The Balaban J connectivity index is 1.76. The van der Waals surface area contributed by atoms with E-state index in [4.69, 9.17) is 17.3 Å². The number of benzene rings is 1. The zero-order valence-corrected chi connectivity index (χ0v) is 20.7. The fourth-order valence-electron chi connectivity index (χ4n) is 4.93. The highest BCUT2D eigenvalue weighted by atomic mass is 32.2. The minimum Gasteiger partial charge on any atom is -0.507 e. The lowest BCUT2D eigenvalue weighted by Crippen LogP contribution is -2.44. The molecule has 0 aliphatic carbocycles. The number of thioether (sulfide) groups is 1. The van der Waals surface area contributed by atoms with Gasteiger partial charge in [-0.1, -0.05) is 51.7 Å². The second-order valence-corrected chi connectivity index (χ2v) is 11.8. The summed E-state index contributed by atoms with van der Waals surface area (Å²) >= 11 is 6.59. The van der Waals surface area contributed by atoms with Crippen molar-refractivity contribution in [3.05, 3.63) is 27.7 Å². The van der Waals surface area contributed by atoms with Gasteiger partial charge in [-0.15, -0.1) is 0 Å². The van der Waals surface area contributed by atoms with Gasteiger partial charge in [0.2, 0.25) is 0 Å². The molecule has 1 saturated heterocycles. The molecule has 0 spiro atoms. The second-order valence-electron chi connectivity index (χ2n) is 10.2. The summed E-state index contributed by atoms with van der Waals surface area (Å²) in [4.78, 5) is 28.1. The molecular weight excluding hydrogens is 444 g/mol. The summed E-state index contributed by atoms with van der Waals surface area (Å²) in [7, 11) is 0. The van der Waals surface area contributed by atoms with Gasteiger partial charge in [0.1, 0.15) is 10.1 Å². The summed E-state index contributed by atoms with van der Waals surface area (Å²) in [5, 5.41) is 20.2. The highest BCUT2D eigenvalue weighted by Crippen LogP contribution is 2.53. The molecular formula is C24H30N2O4S2. The zero-order chi connectivity index (χ0) is 23.4. The Kier molecular flexibility index (Phi) is 5.82. The summed E-state index contributed by atoms with van der Waals surface area (Å²) in [6.07, 6.45) is 4.09. The number of carboxylic acids is 1. The van der Waals surface area contributed by atoms with Crippen molar-refractivity contribution < 1.29 is 19.8 Å². The van der Waals surface area contributed by atoms with Gasteiger partial charge in [-0.25, -0.2) is 0 Å². The fraction of sp³-hybridized carbons (Fsp3) is 0.542. The van der Waals surface area contributed by atoms with E-state index < -0.39 is 5.97 Å². The van der Waals surface area contributed by atoms with E-state index in [1.807, 2.05) is 6.07 Å². The molecule has 0 unspecified atom stereocenters. The zero-order valence-electron chi connectivity index (χ0n) is 19.0. The Morgan fingerprint density at radius 1 is 1.22 bits per heavy atom. The molecule has 0 radical (unpaired) electrons. The number of carbonyl (C=O) groups excluding carboxylic acids is 1. The van der Waals surface area contributed by atoms with Gasteiger partial charge in [0, 0.05) is 42.9 Å². The Morgan fingerprint density at radius 2 is 1.88 bits per heavy atom. The molecule has 4 rings (SSSR count). The number of phenols is 1. The Hall–Kier alpha value is -2.06. The Morgan fingerprint density at radius 3 is 2.53 bits per heavy atom. The van der Waals surface area contributed by atoms with Crippen LogP contribution in [0.3, 0.4) is 0 Å². The monoisotopic (exact) mass is 474 g/mol. The maximum atomic E-state index is 13.0. The van der Waals surface area contributed by atoms with E-state index in [0.717, 1.165) is 37.2 Å². The number of thiocarbonyl (C=S) groups is 1. The number of phenolic OH excluding ortho intramolecular Hbond substituents is 1. The summed E-state index contributed by atoms with van der Waals surface area (Å²) in [6.45, 7) is 11.1. The van der Waals surface area contributed by atoms with Gasteiger partial charge in [0.15, 0.2) is 0 Å². The lowest BCUT2D eigenvalue weighted by Gasteiger charge is -2.48. The van der Waals surface area contributed by atoms with Crippen molar-refractivity contribution >= 4 is 51.9 Å². The summed E-state index contributed by atoms with van der Waals surface area (Å²) in [5.41, 5.74) is 3.80. The van der Waals surface area contributed by atoms with Crippen LogP contribution in [-0.4, -0.2) is 50.9 Å². The number of carboxylic acid groups (broad SMARTS) is 1. The predicted octanol–water partition coefficient (Wildman–Crippen LogP) is 4.63. The van der Waals surface area contributed by atoms with Crippen molar-refractivity contribution in [1.82, 2.24) is 4.90 Å². The van der Waals surface area contributed by atoms with Crippen LogP contribution in [0.1, 0.15) is 70.1 Å². The number of nitrogens with zero attached hydrogens (tertiary/aromatic N) is 2. The molecule has 8 heteroatoms. The number of anilines is 1. The van der Waals surface area contributed by atoms with Gasteiger partial charge < -0.3 is 15.1 Å². The van der Waals surface area contributed by atoms with Crippen LogP contribution in [0.25, 0.3) is 6.08 Å². The average molecular weight is 475 g/mol. The number of hydrogen-bond donors (Lipinski definition) is 2. The highest BCUT2D eigenvalue weighted by molar-refractivity contribution is 8.26. The molecule has 1 fully saturated rings. The van der Waals surface area contributed by atoms with Crippen molar-refractivity contribution in [2.75, 3.05) is 24.5 Å². The number of aliphatic carboxylic acids is 1. The third kappa shape index (κ3) is 3.92. The first-order chi connectivity index (χ1) is 14.9. The molecule has 1 aromatic rings. The van der Waals surface area contributed by atoms with Crippen LogP contribution in [0.4, 0.5) is 5.69 Å². The number of rotatable bonds is 5. The van der Waals surface area contributed by atoms with Crippen LogP contribution in [0, 0.1) is 0 Å². The number of aromatic hydroxyl groups is 1. The first-order valence-corrected chi connectivity index (χ1v) is 12.3. The van der Waals surface area contributed by atoms with E-state index in [-0.39, 0.29) is 35.5 Å². The predicted molar refractivity (Wildman–Crippen MR) is 132 cm³/mol. The first-order valence-electron chi connectivity index (χ1n) is 11.1. The van der Waals surface area contributed by atoms with Crippen molar-refractivity contribution in [2.45, 2.75) is 64.2 Å². The van der Waals surface area contributed by atoms with Gasteiger partial charge in [0.05, 0.1) is 4.91 Å². The smallest absolute Gasteiger partial charge is 0.303 e. The molecule has 0 bridgehead atoms. The maximum Gasteiger partial charge on any atom is 0.303 e.